The molecule has 4 aromatic rings. The number of hydrogen-bond donors (Lipinski definition) is 5. The Labute approximate surface area is 450 Å². The summed E-state index contributed by atoms with van der Waals surface area (Å²) in [6.07, 6.45) is -2.09. The summed E-state index contributed by atoms with van der Waals surface area (Å²) in [6.45, 7) is 7.16. The molecule has 5 heterocycles. The number of likely N-dealkylation sites (tertiary alicyclic amines) is 1. The van der Waals surface area contributed by atoms with E-state index >= 15 is 0 Å². The van der Waals surface area contributed by atoms with Crippen LogP contribution in [0.3, 0.4) is 0 Å². The number of halogens is 4. The summed E-state index contributed by atoms with van der Waals surface area (Å²) in [4.78, 5) is 52.7. The second-order valence-corrected chi connectivity index (χ2v) is 21.8. The van der Waals surface area contributed by atoms with Crippen molar-refractivity contribution in [3.8, 4) is 5.75 Å². The number of ether oxygens (including phenoxy) is 10. The van der Waals surface area contributed by atoms with Gasteiger partial charge in [0.1, 0.15) is 35.6 Å². The van der Waals surface area contributed by atoms with E-state index in [0.717, 1.165) is 13.0 Å². The summed E-state index contributed by atoms with van der Waals surface area (Å²) in [5, 5.41) is 34.3. The van der Waals surface area contributed by atoms with Crippen LogP contribution < -0.4 is 9.64 Å². The first-order valence-corrected chi connectivity index (χ1v) is 28.6. The van der Waals surface area contributed by atoms with Crippen molar-refractivity contribution in [3.63, 3.8) is 0 Å². The van der Waals surface area contributed by atoms with Gasteiger partial charge in [-0.3, -0.25) is 18.8 Å². The topological polar surface area (TPSA) is 335 Å². The highest BCUT2D eigenvalue weighted by Gasteiger charge is 2.46. The maximum absolute atomic E-state index is 13.6. The van der Waals surface area contributed by atoms with E-state index in [2.05, 4.69) is 35.0 Å². The molecule has 438 valence electrons. The standard InChI is InChI=1S/C44H65ClF3N9O19P2/c1-54(41-33-24-49-57(42(33)51-44(45)50-41)43-39(60)38(59)36(75-43)28-74-78(64,65)29-77(61,62)63)32-2-4-55(26-32)5-8-67-11-14-70-18-19-72-20-21-73-27-31-25-56(53-52-31)6-9-68-12-15-71-17-16-69-13-10-66-7-3-37(58)76-40-34(47)22-30(46)23-35(40)48/h22-25,32,36,38-39,43,59-60H,2-21,26-29H2,1H3,(H,64,65)(H2,61,62,63)/t32?,36-,38-,39-,43?/m1/s1. The van der Waals surface area contributed by atoms with Crippen LogP contribution in [0.25, 0.3) is 11.0 Å². The minimum atomic E-state index is -4.89. The molecule has 0 radical (unpaired) electrons. The van der Waals surface area contributed by atoms with E-state index in [-0.39, 0.29) is 49.8 Å². The fourth-order valence-electron chi connectivity index (χ4n) is 7.79. The van der Waals surface area contributed by atoms with Gasteiger partial charge < -0.3 is 81.7 Å². The summed E-state index contributed by atoms with van der Waals surface area (Å²) in [7, 11) is -7.77. The number of aromatic nitrogens is 7. The van der Waals surface area contributed by atoms with Crippen LogP contribution in [0.5, 0.6) is 5.75 Å². The highest BCUT2D eigenvalue weighted by atomic mass is 35.5. The van der Waals surface area contributed by atoms with E-state index in [1.165, 1.54) is 10.9 Å². The molecule has 2 saturated heterocycles. The summed E-state index contributed by atoms with van der Waals surface area (Å²) < 4.78 is 126. The maximum Gasteiger partial charge on any atom is 0.340 e. The second kappa shape index (κ2) is 31.9. The molecule has 6 atom stereocenters. The molecule has 0 bridgehead atoms. The number of nitrogens with zero attached hydrogens (tertiary/aromatic N) is 9. The Morgan fingerprint density at radius 3 is 2.00 bits per heavy atom. The number of benzene rings is 1. The van der Waals surface area contributed by atoms with E-state index in [1.54, 1.807) is 10.9 Å². The van der Waals surface area contributed by atoms with Crippen molar-refractivity contribution >= 4 is 49.6 Å². The third-order valence-corrected chi connectivity index (χ3v) is 15.3. The van der Waals surface area contributed by atoms with Gasteiger partial charge in [0.15, 0.2) is 29.4 Å². The number of carbonyl (C=O) groups is 1. The van der Waals surface area contributed by atoms with Gasteiger partial charge in [-0.15, -0.1) is 5.10 Å². The van der Waals surface area contributed by atoms with Gasteiger partial charge in [-0.2, -0.15) is 15.1 Å². The van der Waals surface area contributed by atoms with Crippen molar-refractivity contribution in [1.29, 1.82) is 0 Å². The molecule has 5 N–H and O–H groups in total. The number of rotatable bonds is 38. The second-order valence-electron chi connectivity index (χ2n) is 17.5. The number of aliphatic hydroxyl groups is 2. The van der Waals surface area contributed by atoms with Crippen LogP contribution in [0, 0.1) is 17.5 Å². The van der Waals surface area contributed by atoms with Crippen molar-refractivity contribution in [2.75, 3.05) is 143 Å². The molecule has 0 saturated carbocycles. The molecule has 2 aliphatic rings. The first-order valence-electron chi connectivity index (χ1n) is 24.6. The van der Waals surface area contributed by atoms with Gasteiger partial charge in [0.25, 0.3) is 0 Å². The molecular formula is C44H65ClF3N9O19P2. The van der Waals surface area contributed by atoms with Crippen molar-refractivity contribution in [2.45, 2.75) is 56.6 Å². The van der Waals surface area contributed by atoms with Gasteiger partial charge >= 0.3 is 21.2 Å². The minimum Gasteiger partial charge on any atom is -0.420 e. The average Bonchev–Trinajstić information content (AvgIpc) is 4.38. The number of hydrogen-bond acceptors (Lipinski definition) is 23. The Balaban J connectivity index is 0.716. The maximum atomic E-state index is 13.6. The molecule has 0 amide bonds. The van der Waals surface area contributed by atoms with E-state index in [0.29, 0.717) is 128 Å². The van der Waals surface area contributed by atoms with Crippen LogP contribution in [-0.2, 0) is 74.2 Å². The van der Waals surface area contributed by atoms with Crippen LogP contribution in [0.1, 0.15) is 24.8 Å². The number of carbonyl (C=O) groups excluding carboxylic acids is 1. The third-order valence-electron chi connectivity index (χ3n) is 11.6. The number of anilines is 1. The van der Waals surface area contributed by atoms with Crippen molar-refractivity contribution < 1.29 is 104 Å². The molecule has 0 spiro atoms. The number of likely N-dealkylation sites (N-methyl/N-ethyl adjacent to an activating group) is 1. The van der Waals surface area contributed by atoms with Gasteiger partial charge in [0, 0.05) is 44.9 Å². The smallest absolute Gasteiger partial charge is 0.340 e. The monoisotopic (exact) mass is 1180 g/mol. The Bertz CT molecular complexity index is 2560. The summed E-state index contributed by atoms with van der Waals surface area (Å²) in [5.74, 6) is -6.60. The van der Waals surface area contributed by atoms with Crippen LogP contribution in [-0.4, -0.2) is 233 Å². The van der Waals surface area contributed by atoms with Crippen LogP contribution in [0.15, 0.2) is 24.5 Å². The molecule has 0 aliphatic carbocycles. The summed E-state index contributed by atoms with van der Waals surface area (Å²) in [5.41, 5.74) is 0.851. The normalized spacial score (nSPS) is 19.8. The molecule has 6 rings (SSSR count). The Morgan fingerprint density at radius 2 is 1.38 bits per heavy atom. The lowest BCUT2D eigenvalue weighted by Crippen LogP contribution is -2.36. The first kappa shape index (κ1) is 63.3. The fraction of sp³-hybridized carbons (Fsp3) is 0.682. The molecule has 3 aromatic heterocycles. The third kappa shape index (κ3) is 20.9. The van der Waals surface area contributed by atoms with Crippen molar-refractivity contribution in [3.05, 3.63) is 53.0 Å². The lowest BCUT2D eigenvalue weighted by atomic mass is 10.1. The summed E-state index contributed by atoms with van der Waals surface area (Å²) in [6, 6.07) is 0.870. The molecule has 3 unspecified atom stereocenters. The molecule has 34 heteroatoms. The Kier molecular flexibility index (Phi) is 25.9. The lowest BCUT2D eigenvalue weighted by Gasteiger charge is -2.26. The average molecular weight is 1180 g/mol. The fourth-order valence-corrected chi connectivity index (χ4v) is 10.5. The van der Waals surface area contributed by atoms with Gasteiger partial charge in [0.05, 0.1) is 143 Å². The zero-order valence-electron chi connectivity index (χ0n) is 42.5. The Hall–Kier alpha value is -3.92. The molecular weight excluding hydrogens is 1110 g/mol. The molecule has 28 nitrogen and oxygen atoms in total. The van der Waals surface area contributed by atoms with E-state index in [1.807, 2.05) is 11.9 Å². The minimum absolute atomic E-state index is 0.0403. The zero-order chi connectivity index (χ0) is 56.1. The molecule has 2 aliphatic heterocycles. The van der Waals surface area contributed by atoms with Gasteiger partial charge in [0.2, 0.25) is 11.0 Å². The van der Waals surface area contributed by atoms with E-state index < -0.39 is 81.4 Å². The predicted octanol–water partition coefficient (Wildman–Crippen LogP) is 1.28. The predicted molar refractivity (Wildman–Crippen MR) is 264 cm³/mol. The first-order chi connectivity index (χ1) is 37.4. The van der Waals surface area contributed by atoms with Gasteiger partial charge in [-0.1, -0.05) is 5.21 Å². The molecule has 1 aromatic carbocycles. The largest absolute Gasteiger partial charge is 0.420 e. The number of esters is 1. The van der Waals surface area contributed by atoms with E-state index in [4.69, 9.17) is 68.5 Å². The highest BCUT2D eigenvalue weighted by Crippen LogP contribution is 2.55. The van der Waals surface area contributed by atoms with Gasteiger partial charge in [-0.25, -0.2) is 22.5 Å². The van der Waals surface area contributed by atoms with Crippen LogP contribution >= 0.6 is 26.8 Å². The SMILES string of the molecule is CN(c1nc(Cl)nc2c1cnn2C1O[C@H](COP(=O)(O)CP(=O)(O)O)[C@@H](O)[C@H]1O)C1CCN(CCOCCOCCOCCOCc2cn(CCOCCOCCOCCOCCC(=O)Oc3c(F)cc(F)cc3F)nn2)C1. The summed E-state index contributed by atoms with van der Waals surface area (Å²) >= 11 is 6.36. The van der Waals surface area contributed by atoms with Gasteiger partial charge in [-0.05, 0) is 18.0 Å². The molecule has 78 heavy (non-hydrogen) atoms. The van der Waals surface area contributed by atoms with Crippen LogP contribution in [0.4, 0.5) is 19.0 Å². The zero-order valence-corrected chi connectivity index (χ0v) is 45.1. The quantitative estimate of drug-likeness (QED) is 0.0139. The van der Waals surface area contributed by atoms with E-state index in [9.17, 15) is 42.2 Å². The molecule has 2 fully saturated rings. The number of fused-ring (bicyclic) bond motifs is 1. The van der Waals surface area contributed by atoms with Crippen molar-refractivity contribution in [2.24, 2.45) is 0 Å². The highest BCUT2D eigenvalue weighted by molar-refractivity contribution is 7.70. The number of aliphatic hydroxyl groups excluding tert-OH is 2. The van der Waals surface area contributed by atoms with Crippen LogP contribution in [0.2, 0.25) is 5.28 Å². The Morgan fingerprint density at radius 1 is 0.808 bits per heavy atom. The lowest BCUT2D eigenvalue weighted by molar-refractivity contribution is -0.136. The van der Waals surface area contributed by atoms with Crippen molar-refractivity contribution in [1.82, 2.24) is 39.6 Å².